The molecule has 1 fully saturated rings. The van der Waals surface area contributed by atoms with Crippen LogP contribution >= 0.6 is 0 Å². The molecule has 0 spiro atoms. The Hall–Kier alpha value is -1.63. The minimum atomic E-state index is -1.47. The first-order valence-electron chi connectivity index (χ1n) is 5.92. The summed E-state index contributed by atoms with van der Waals surface area (Å²) in [7, 11) is 0. The number of nitrogens with one attached hydrogen (secondary N) is 1. The molecule has 7 heteroatoms. The topological polar surface area (TPSA) is 107 Å². The van der Waals surface area contributed by atoms with Crippen molar-refractivity contribution in [1.82, 2.24) is 10.2 Å². The third-order valence-corrected chi connectivity index (χ3v) is 2.97. The van der Waals surface area contributed by atoms with Gasteiger partial charge in [0.1, 0.15) is 0 Å². The van der Waals surface area contributed by atoms with Crippen LogP contribution in [0.2, 0.25) is 0 Å². The monoisotopic (exact) mass is 258 g/mol. The average molecular weight is 258 g/mol. The molecular weight excluding hydrogens is 240 g/mol. The van der Waals surface area contributed by atoms with E-state index in [9.17, 15) is 14.4 Å². The number of aliphatic hydroxyl groups excluding tert-OH is 1. The van der Waals surface area contributed by atoms with E-state index < -0.39 is 12.1 Å². The van der Waals surface area contributed by atoms with Gasteiger partial charge in [0.15, 0.2) is 6.10 Å². The predicted octanol–water partition coefficient (Wildman–Crippen LogP) is -1.19. The second-order valence-electron chi connectivity index (χ2n) is 4.27. The highest BCUT2D eigenvalue weighted by Crippen LogP contribution is 2.17. The maximum atomic E-state index is 11.7. The van der Waals surface area contributed by atoms with E-state index in [1.807, 2.05) is 6.92 Å². The molecule has 1 saturated heterocycles. The van der Waals surface area contributed by atoms with Gasteiger partial charge in [-0.2, -0.15) is 0 Å². The van der Waals surface area contributed by atoms with Crippen LogP contribution in [0, 0.1) is 5.92 Å². The Bertz CT molecular complexity index is 344. The number of carboxylic acid groups (broad SMARTS) is 1. The fourth-order valence-corrected chi connectivity index (χ4v) is 1.85. The van der Waals surface area contributed by atoms with Crippen molar-refractivity contribution in [2.24, 2.45) is 5.92 Å². The van der Waals surface area contributed by atoms with Crippen molar-refractivity contribution in [2.75, 3.05) is 19.6 Å². The van der Waals surface area contributed by atoms with Gasteiger partial charge in [-0.1, -0.05) is 0 Å². The zero-order chi connectivity index (χ0) is 13.7. The molecule has 0 bridgehead atoms. The lowest BCUT2D eigenvalue weighted by molar-refractivity contribution is -0.147. The number of carbonyl (C=O) groups excluding carboxylic acids is 2. The number of aliphatic carboxylic acids is 1. The SMILES string of the molecule is CCN1CC(C(=O)NCC[C@H](O)C(=O)O)CC1=O. The Morgan fingerprint density at radius 3 is 2.72 bits per heavy atom. The molecule has 2 atom stereocenters. The highest BCUT2D eigenvalue weighted by molar-refractivity contribution is 5.89. The third kappa shape index (κ3) is 3.69. The Morgan fingerprint density at radius 2 is 2.22 bits per heavy atom. The first-order chi connectivity index (χ1) is 8.45. The standard InChI is InChI=1S/C11H18N2O5/c1-2-13-6-7(5-9(13)15)10(16)12-4-3-8(14)11(17)18/h7-8,14H,2-6H2,1H3,(H,12,16)(H,17,18)/t7?,8-/m0/s1. The van der Waals surface area contributed by atoms with Gasteiger partial charge in [-0.15, -0.1) is 0 Å². The highest BCUT2D eigenvalue weighted by atomic mass is 16.4. The van der Waals surface area contributed by atoms with Crippen LogP contribution in [0.15, 0.2) is 0 Å². The van der Waals surface area contributed by atoms with E-state index in [-0.39, 0.29) is 37.1 Å². The van der Waals surface area contributed by atoms with Crippen LogP contribution in [0.1, 0.15) is 19.8 Å². The van der Waals surface area contributed by atoms with E-state index in [1.165, 1.54) is 0 Å². The van der Waals surface area contributed by atoms with Crippen LogP contribution < -0.4 is 5.32 Å². The summed E-state index contributed by atoms with van der Waals surface area (Å²) in [5, 5.41) is 20.0. The van der Waals surface area contributed by atoms with Crippen molar-refractivity contribution in [1.29, 1.82) is 0 Å². The number of aliphatic hydroxyl groups is 1. The number of nitrogens with zero attached hydrogens (tertiary/aromatic N) is 1. The second-order valence-corrected chi connectivity index (χ2v) is 4.27. The number of likely N-dealkylation sites (tertiary alicyclic amines) is 1. The number of amides is 2. The van der Waals surface area contributed by atoms with E-state index in [0.29, 0.717) is 13.1 Å². The molecule has 2 amide bonds. The van der Waals surface area contributed by atoms with Gasteiger partial charge in [0.25, 0.3) is 0 Å². The Morgan fingerprint density at radius 1 is 1.56 bits per heavy atom. The molecule has 1 aliphatic rings. The summed E-state index contributed by atoms with van der Waals surface area (Å²) < 4.78 is 0. The maximum Gasteiger partial charge on any atom is 0.332 e. The molecule has 7 nitrogen and oxygen atoms in total. The molecule has 0 saturated carbocycles. The fraction of sp³-hybridized carbons (Fsp3) is 0.727. The van der Waals surface area contributed by atoms with Gasteiger partial charge in [0.05, 0.1) is 5.92 Å². The zero-order valence-corrected chi connectivity index (χ0v) is 10.3. The second kappa shape index (κ2) is 6.34. The quantitative estimate of drug-likeness (QED) is 0.555. The van der Waals surface area contributed by atoms with Gasteiger partial charge in [0, 0.05) is 32.5 Å². The smallest absolute Gasteiger partial charge is 0.332 e. The van der Waals surface area contributed by atoms with Gasteiger partial charge in [-0.25, -0.2) is 4.79 Å². The fourth-order valence-electron chi connectivity index (χ4n) is 1.85. The Balaban J connectivity index is 2.30. The normalized spacial score (nSPS) is 20.9. The molecular formula is C11H18N2O5. The van der Waals surface area contributed by atoms with Crippen LogP contribution in [-0.4, -0.2) is 58.6 Å². The predicted molar refractivity (Wildman–Crippen MR) is 61.6 cm³/mol. The summed E-state index contributed by atoms with van der Waals surface area (Å²) in [5.41, 5.74) is 0. The lowest BCUT2D eigenvalue weighted by Crippen LogP contribution is -2.35. The van der Waals surface area contributed by atoms with Crippen molar-refractivity contribution in [3.63, 3.8) is 0 Å². The van der Waals surface area contributed by atoms with Gasteiger partial charge in [0.2, 0.25) is 11.8 Å². The Labute approximate surface area is 105 Å². The Kier molecular flexibility index (Phi) is 5.08. The van der Waals surface area contributed by atoms with Gasteiger partial charge >= 0.3 is 5.97 Å². The van der Waals surface area contributed by atoms with Crippen molar-refractivity contribution in [2.45, 2.75) is 25.9 Å². The molecule has 0 radical (unpaired) electrons. The summed E-state index contributed by atoms with van der Waals surface area (Å²) in [4.78, 5) is 35.1. The summed E-state index contributed by atoms with van der Waals surface area (Å²) in [6.45, 7) is 2.92. The molecule has 1 rings (SSSR count). The van der Waals surface area contributed by atoms with Crippen LogP contribution in [0.4, 0.5) is 0 Å². The van der Waals surface area contributed by atoms with Crippen molar-refractivity contribution >= 4 is 17.8 Å². The number of hydrogen-bond donors (Lipinski definition) is 3. The molecule has 3 N–H and O–H groups in total. The largest absolute Gasteiger partial charge is 0.479 e. The van der Waals surface area contributed by atoms with Crippen LogP contribution in [-0.2, 0) is 14.4 Å². The number of carbonyl (C=O) groups is 3. The molecule has 0 aromatic carbocycles. The van der Waals surface area contributed by atoms with Crippen molar-refractivity contribution < 1.29 is 24.6 Å². The van der Waals surface area contributed by atoms with E-state index in [2.05, 4.69) is 5.32 Å². The van der Waals surface area contributed by atoms with Gasteiger partial charge in [-0.05, 0) is 6.92 Å². The van der Waals surface area contributed by atoms with Crippen molar-refractivity contribution in [3.8, 4) is 0 Å². The molecule has 18 heavy (non-hydrogen) atoms. The lowest BCUT2D eigenvalue weighted by atomic mass is 10.1. The minimum absolute atomic E-state index is 0.0387. The van der Waals surface area contributed by atoms with E-state index in [1.54, 1.807) is 4.90 Å². The van der Waals surface area contributed by atoms with E-state index in [0.717, 1.165) is 0 Å². The molecule has 1 aliphatic heterocycles. The number of rotatable bonds is 6. The van der Waals surface area contributed by atoms with Gasteiger partial charge in [-0.3, -0.25) is 9.59 Å². The maximum absolute atomic E-state index is 11.7. The zero-order valence-electron chi connectivity index (χ0n) is 10.3. The molecule has 0 aromatic heterocycles. The van der Waals surface area contributed by atoms with Gasteiger partial charge < -0.3 is 20.4 Å². The van der Waals surface area contributed by atoms with Crippen LogP contribution in [0.3, 0.4) is 0 Å². The van der Waals surface area contributed by atoms with E-state index in [4.69, 9.17) is 10.2 Å². The molecule has 102 valence electrons. The lowest BCUT2D eigenvalue weighted by Gasteiger charge is -2.14. The summed E-state index contributed by atoms with van der Waals surface area (Å²) >= 11 is 0. The third-order valence-electron chi connectivity index (χ3n) is 2.97. The highest BCUT2D eigenvalue weighted by Gasteiger charge is 2.33. The number of hydrogen-bond acceptors (Lipinski definition) is 4. The molecule has 1 heterocycles. The minimum Gasteiger partial charge on any atom is -0.479 e. The van der Waals surface area contributed by atoms with Crippen LogP contribution in [0.25, 0.3) is 0 Å². The van der Waals surface area contributed by atoms with Crippen molar-refractivity contribution in [3.05, 3.63) is 0 Å². The molecule has 1 unspecified atom stereocenters. The molecule has 0 aliphatic carbocycles. The number of carboxylic acids is 1. The molecule has 0 aromatic rings. The first kappa shape index (κ1) is 14.4. The summed E-state index contributed by atoms with van der Waals surface area (Å²) in [6, 6.07) is 0. The van der Waals surface area contributed by atoms with Crippen LogP contribution in [0.5, 0.6) is 0 Å². The average Bonchev–Trinajstić information content (AvgIpc) is 2.70. The summed E-state index contributed by atoms with van der Waals surface area (Å²) in [6.07, 6.45) is -1.32. The summed E-state index contributed by atoms with van der Waals surface area (Å²) in [5.74, 6) is -1.99. The van der Waals surface area contributed by atoms with E-state index >= 15 is 0 Å². The first-order valence-corrected chi connectivity index (χ1v) is 5.92.